The molecule has 2 N–H and O–H groups in total. The van der Waals surface area contributed by atoms with Gasteiger partial charge in [-0.15, -0.1) is 0 Å². The lowest BCUT2D eigenvalue weighted by atomic mass is 9.85. The van der Waals surface area contributed by atoms with E-state index in [1.165, 1.54) is 6.07 Å². The molecule has 0 saturated heterocycles. The lowest BCUT2D eigenvalue weighted by Crippen LogP contribution is -2.28. The fourth-order valence-corrected chi connectivity index (χ4v) is 3.16. The molecule has 0 fully saturated rings. The van der Waals surface area contributed by atoms with Gasteiger partial charge in [0.15, 0.2) is 12.4 Å². The van der Waals surface area contributed by atoms with Crippen LogP contribution in [0, 0.1) is 0 Å². The van der Waals surface area contributed by atoms with Crippen molar-refractivity contribution in [2.24, 2.45) is 0 Å². The van der Waals surface area contributed by atoms with Gasteiger partial charge in [0.2, 0.25) is 0 Å². The molecule has 0 aromatic heterocycles. The molecule has 7 heteroatoms. The molecule has 0 aliphatic heterocycles. The number of ketones is 1. The second kappa shape index (κ2) is 9.66. The van der Waals surface area contributed by atoms with Gasteiger partial charge in [0.1, 0.15) is 5.75 Å². The van der Waals surface area contributed by atoms with Gasteiger partial charge in [0.25, 0.3) is 5.91 Å². The first-order valence-corrected chi connectivity index (χ1v) is 10.2. The standard InChI is InChI=1S/C25H22ClNO5/c1-25(2,24(30)31)17-8-11-19(12-9-17)27-22(28)15-32-21-13-10-18(26)14-20(21)23(29)16-6-4-3-5-7-16/h3-14H,15H2,1-2H3,(H,27,28)(H,30,31). The summed E-state index contributed by atoms with van der Waals surface area (Å²) in [5, 5.41) is 12.4. The van der Waals surface area contributed by atoms with Crippen molar-refractivity contribution in [2.75, 3.05) is 11.9 Å². The Morgan fingerprint density at radius 1 is 0.969 bits per heavy atom. The van der Waals surface area contributed by atoms with Gasteiger partial charge in [0.05, 0.1) is 11.0 Å². The number of halogens is 1. The summed E-state index contributed by atoms with van der Waals surface area (Å²) in [6, 6.07) is 19.9. The zero-order valence-corrected chi connectivity index (χ0v) is 18.3. The number of anilines is 1. The molecule has 0 aliphatic carbocycles. The van der Waals surface area contributed by atoms with Crippen LogP contribution in [0.15, 0.2) is 72.8 Å². The van der Waals surface area contributed by atoms with Crippen molar-refractivity contribution in [1.29, 1.82) is 0 Å². The fraction of sp³-hybridized carbons (Fsp3) is 0.160. The second-order valence-corrected chi connectivity index (χ2v) is 8.12. The van der Waals surface area contributed by atoms with E-state index < -0.39 is 17.3 Å². The zero-order valence-electron chi connectivity index (χ0n) is 17.6. The highest BCUT2D eigenvalue weighted by molar-refractivity contribution is 6.31. The van der Waals surface area contributed by atoms with E-state index in [1.807, 2.05) is 6.07 Å². The van der Waals surface area contributed by atoms with E-state index in [2.05, 4.69) is 5.32 Å². The number of ether oxygens (including phenoxy) is 1. The highest BCUT2D eigenvalue weighted by atomic mass is 35.5. The van der Waals surface area contributed by atoms with Crippen LogP contribution in [0.5, 0.6) is 5.75 Å². The maximum absolute atomic E-state index is 12.8. The van der Waals surface area contributed by atoms with Crippen molar-refractivity contribution in [3.63, 3.8) is 0 Å². The number of carbonyl (C=O) groups excluding carboxylic acids is 2. The summed E-state index contributed by atoms with van der Waals surface area (Å²) in [4.78, 5) is 36.6. The van der Waals surface area contributed by atoms with E-state index in [4.69, 9.17) is 16.3 Å². The van der Waals surface area contributed by atoms with Crippen LogP contribution in [-0.2, 0) is 15.0 Å². The molecule has 3 rings (SSSR count). The Morgan fingerprint density at radius 3 is 2.25 bits per heavy atom. The van der Waals surface area contributed by atoms with Crippen molar-refractivity contribution in [3.8, 4) is 5.75 Å². The van der Waals surface area contributed by atoms with Crippen LogP contribution in [0.3, 0.4) is 0 Å². The third-order valence-electron chi connectivity index (χ3n) is 5.01. The predicted molar refractivity (Wildman–Crippen MR) is 123 cm³/mol. The first kappa shape index (κ1) is 23.0. The van der Waals surface area contributed by atoms with Gasteiger partial charge in [0, 0.05) is 16.3 Å². The summed E-state index contributed by atoms with van der Waals surface area (Å²) >= 11 is 6.06. The maximum atomic E-state index is 12.8. The largest absolute Gasteiger partial charge is 0.483 e. The summed E-state index contributed by atoms with van der Waals surface area (Å²) in [7, 11) is 0. The molecular weight excluding hydrogens is 430 g/mol. The van der Waals surface area contributed by atoms with Crippen LogP contribution in [0.4, 0.5) is 5.69 Å². The quantitative estimate of drug-likeness (QED) is 0.472. The SMILES string of the molecule is CC(C)(C(=O)O)c1ccc(NC(=O)COc2ccc(Cl)cc2C(=O)c2ccccc2)cc1. The molecule has 0 bridgehead atoms. The smallest absolute Gasteiger partial charge is 0.313 e. The van der Waals surface area contributed by atoms with Gasteiger partial charge in [-0.05, 0) is 49.7 Å². The van der Waals surface area contributed by atoms with Gasteiger partial charge in [-0.3, -0.25) is 14.4 Å². The lowest BCUT2D eigenvalue weighted by Gasteiger charge is -2.20. The highest BCUT2D eigenvalue weighted by Crippen LogP contribution is 2.26. The number of amides is 1. The van der Waals surface area contributed by atoms with E-state index in [9.17, 15) is 19.5 Å². The molecule has 6 nitrogen and oxygen atoms in total. The number of rotatable bonds is 8. The normalized spacial score (nSPS) is 11.0. The Bertz CT molecular complexity index is 1140. The number of carboxylic acid groups (broad SMARTS) is 1. The number of nitrogens with one attached hydrogen (secondary N) is 1. The average molecular weight is 452 g/mol. The Labute approximate surface area is 190 Å². The van der Waals surface area contributed by atoms with Gasteiger partial charge in [-0.25, -0.2) is 0 Å². The Morgan fingerprint density at radius 2 is 1.62 bits per heavy atom. The Kier molecular flexibility index (Phi) is 6.95. The Balaban J connectivity index is 1.68. The molecule has 32 heavy (non-hydrogen) atoms. The summed E-state index contributed by atoms with van der Waals surface area (Å²) < 4.78 is 5.61. The minimum Gasteiger partial charge on any atom is -0.483 e. The van der Waals surface area contributed by atoms with Crippen LogP contribution in [0.2, 0.25) is 5.02 Å². The topological polar surface area (TPSA) is 92.7 Å². The number of aliphatic carboxylic acids is 1. The summed E-state index contributed by atoms with van der Waals surface area (Å²) in [6.07, 6.45) is 0. The summed E-state index contributed by atoms with van der Waals surface area (Å²) in [5.74, 6) is -1.38. The Hall–Kier alpha value is -3.64. The van der Waals surface area contributed by atoms with E-state index in [0.29, 0.717) is 21.8 Å². The second-order valence-electron chi connectivity index (χ2n) is 7.68. The third kappa shape index (κ3) is 5.34. The van der Waals surface area contributed by atoms with Crippen LogP contribution >= 0.6 is 11.6 Å². The van der Waals surface area contributed by atoms with Crippen molar-refractivity contribution in [2.45, 2.75) is 19.3 Å². The van der Waals surface area contributed by atoms with Gasteiger partial charge < -0.3 is 15.2 Å². The minimum absolute atomic E-state index is 0.247. The van der Waals surface area contributed by atoms with Crippen molar-refractivity contribution in [1.82, 2.24) is 0 Å². The predicted octanol–water partition coefficient (Wildman–Crippen LogP) is 4.95. The molecule has 0 heterocycles. The van der Waals surface area contributed by atoms with Crippen LogP contribution in [-0.4, -0.2) is 29.4 Å². The molecule has 164 valence electrons. The highest BCUT2D eigenvalue weighted by Gasteiger charge is 2.29. The van der Waals surface area contributed by atoms with Crippen LogP contribution in [0.25, 0.3) is 0 Å². The van der Waals surface area contributed by atoms with E-state index >= 15 is 0 Å². The maximum Gasteiger partial charge on any atom is 0.313 e. The average Bonchev–Trinajstić information content (AvgIpc) is 2.78. The molecule has 3 aromatic carbocycles. The van der Waals surface area contributed by atoms with Crippen LogP contribution in [0.1, 0.15) is 35.3 Å². The van der Waals surface area contributed by atoms with E-state index in [0.717, 1.165) is 0 Å². The summed E-state index contributed by atoms with van der Waals surface area (Å²) in [5.41, 5.74) is 0.817. The molecule has 0 unspecified atom stereocenters. The van der Waals surface area contributed by atoms with Gasteiger partial charge in [-0.1, -0.05) is 54.1 Å². The zero-order chi connectivity index (χ0) is 23.3. The molecule has 0 radical (unpaired) electrons. The monoisotopic (exact) mass is 451 g/mol. The lowest BCUT2D eigenvalue weighted by molar-refractivity contribution is -0.142. The number of benzene rings is 3. The van der Waals surface area contributed by atoms with Crippen molar-refractivity contribution in [3.05, 3.63) is 94.5 Å². The van der Waals surface area contributed by atoms with Crippen molar-refractivity contribution >= 4 is 34.9 Å². The van der Waals surface area contributed by atoms with Crippen molar-refractivity contribution < 1.29 is 24.2 Å². The first-order chi connectivity index (χ1) is 15.2. The van der Waals surface area contributed by atoms with Gasteiger partial charge >= 0.3 is 5.97 Å². The number of hydrogen-bond acceptors (Lipinski definition) is 4. The van der Waals surface area contributed by atoms with E-state index in [1.54, 1.807) is 74.5 Å². The summed E-state index contributed by atoms with van der Waals surface area (Å²) in [6.45, 7) is 2.90. The molecule has 0 spiro atoms. The van der Waals surface area contributed by atoms with Crippen LogP contribution < -0.4 is 10.1 Å². The molecule has 0 atom stereocenters. The first-order valence-electron chi connectivity index (χ1n) is 9.84. The number of carboxylic acids is 1. The minimum atomic E-state index is -1.04. The molecule has 3 aromatic rings. The third-order valence-corrected chi connectivity index (χ3v) is 5.24. The van der Waals surface area contributed by atoms with E-state index in [-0.39, 0.29) is 23.7 Å². The molecule has 0 aliphatic rings. The fourth-order valence-electron chi connectivity index (χ4n) is 2.98. The molecule has 1 amide bonds. The molecular formula is C25H22ClNO5. The number of carbonyl (C=O) groups is 3. The van der Waals surface area contributed by atoms with Gasteiger partial charge in [-0.2, -0.15) is 0 Å². The molecule has 0 saturated carbocycles. The number of hydrogen-bond donors (Lipinski definition) is 2.